The van der Waals surface area contributed by atoms with E-state index >= 15 is 0 Å². The number of hydrogen-bond donors (Lipinski definition) is 0. The second-order valence-corrected chi connectivity index (χ2v) is 7.32. The SMILES string of the molecule is CSCC1(C)CCN(C(=O)C2(C)CCC2)CC1. The van der Waals surface area contributed by atoms with Gasteiger partial charge in [0.15, 0.2) is 0 Å². The number of rotatable bonds is 3. The smallest absolute Gasteiger partial charge is 0.228 e. The van der Waals surface area contributed by atoms with Gasteiger partial charge in [-0.2, -0.15) is 11.8 Å². The lowest BCUT2D eigenvalue weighted by Gasteiger charge is -2.45. The van der Waals surface area contributed by atoms with Crippen LogP contribution in [0.1, 0.15) is 46.0 Å². The van der Waals surface area contributed by atoms with Gasteiger partial charge in [0, 0.05) is 18.5 Å². The lowest BCUT2D eigenvalue weighted by Crippen LogP contribution is -2.50. The van der Waals surface area contributed by atoms with Gasteiger partial charge >= 0.3 is 0 Å². The third-order valence-electron chi connectivity index (χ3n) is 4.72. The summed E-state index contributed by atoms with van der Waals surface area (Å²) >= 11 is 1.93. The molecule has 0 atom stereocenters. The van der Waals surface area contributed by atoms with Gasteiger partial charge in [-0.25, -0.2) is 0 Å². The number of carbonyl (C=O) groups excluding carboxylic acids is 1. The molecule has 0 bridgehead atoms. The van der Waals surface area contributed by atoms with Crippen LogP contribution in [0.2, 0.25) is 0 Å². The molecule has 2 fully saturated rings. The van der Waals surface area contributed by atoms with E-state index in [9.17, 15) is 4.79 Å². The molecule has 1 amide bonds. The third kappa shape index (κ3) is 2.64. The van der Waals surface area contributed by atoms with Gasteiger partial charge in [-0.15, -0.1) is 0 Å². The number of carbonyl (C=O) groups is 1. The van der Waals surface area contributed by atoms with E-state index in [4.69, 9.17) is 0 Å². The molecule has 1 heterocycles. The Balaban J connectivity index is 1.88. The molecule has 0 N–H and O–H groups in total. The molecule has 2 nitrogen and oxygen atoms in total. The molecule has 1 aliphatic carbocycles. The number of hydrogen-bond acceptors (Lipinski definition) is 2. The first kappa shape index (κ1) is 13.3. The molecular weight excluding hydrogens is 230 g/mol. The minimum atomic E-state index is -0.00670. The van der Waals surface area contributed by atoms with Gasteiger partial charge in [-0.05, 0) is 43.1 Å². The van der Waals surface area contributed by atoms with Crippen LogP contribution >= 0.6 is 11.8 Å². The molecular formula is C14H25NOS. The Kier molecular flexibility index (Phi) is 3.77. The molecule has 1 aliphatic heterocycles. The molecule has 1 saturated carbocycles. The van der Waals surface area contributed by atoms with Crippen LogP contribution in [0.4, 0.5) is 0 Å². The summed E-state index contributed by atoms with van der Waals surface area (Å²) in [6.07, 6.45) is 7.97. The van der Waals surface area contributed by atoms with E-state index in [1.54, 1.807) is 0 Å². The van der Waals surface area contributed by atoms with E-state index in [2.05, 4.69) is 25.0 Å². The maximum absolute atomic E-state index is 12.4. The monoisotopic (exact) mass is 255 g/mol. The second-order valence-electron chi connectivity index (χ2n) is 6.45. The van der Waals surface area contributed by atoms with Gasteiger partial charge in [-0.1, -0.05) is 20.3 Å². The van der Waals surface area contributed by atoms with Gasteiger partial charge in [0.25, 0.3) is 0 Å². The summed E-state index contributed by atoms with van der Waals surface area (Å²) in [4.78, 5) is 14.5. The lowest BCUT2D eigenvalue weighted by molar-refractivity contribution is -0.148. The van der Waals surface area contributed by atoms with Crippen LogP contribution in [0.25, 0.3) is 0 Å². The Bertz CT molecular complexity index is 291. The lowest BCUT2D eigenvalue weighted by atomic mass is 9.69. The highest BCUT2D eigenvalue weighted by molar-refractivity contribution is 7.98. The summed E-state index contributed by atoms with van der Waals surface area (Å²) < 4.78 is 0. The summed E-state index contributed by atoms with van der Waals surface area (Å²) in [5.74, 6) is 1.65. The largest absolute Gasteiger partial charge is 0.342 e. The molecule has 3 heteroatoms. The van der Waals surface area contributed by atoms with Crippen LogP contribution in [-0.4, -0.2) is 35.9 Å². The Hall–Kier alpha value is -0.180. The zero-order valence-corrected chi connectivity index (χ0v) is 12.2. The van der Waals surface area contributed by atoms with Crippen molar-refractivity contribution >= 4 is 17.7 Å². The van der Waals surface area contributed by atoms with Crippen LogP contribution in [0.3, 0.4) is 0 Å². The number of amides is 1. The van der Waals surface area contributed by atoms with Crippen molar-refractivity contribution in [3.05, 3.63) is 0 Å². The summed E-state index contributed by atoms with van der Waals surface area (Å²) in [7, 11) is 0. The number of nitrogens with zero attached hydrogens (tertiary/aromatic N) is 1. The standard InChI is InChI=1S/C14H25NOS/c1-13(11-17-3)7-9-15(10-8-13)12(16)14(2)5-4-6-14/h4-11H2,1-3H3. The Labute approximate surface area is 110 Å². The molecule has 0 aromatic rings. The van der Waals surface area contributed by atoms with Crippen LogP contribution < -0.4 is 0 Å². The Morgan fingerprint density at radius 2 is 1.76 bits per heavy atom. The van der Waals surface area contributed by atoms with Crippen LogP contribution in [0.15, 0.2) is 0 Å². The highest BCUT2D eigenvalue weighted by atomic mass is 32.2. The normalized spacial score (nSPS) is 26.4. The zero-order valence-electron chi connectivity index (χ0n) is 11.4. The summed E-state index contributed by atoms with van der Waals surface area (Å²) in [5, 5.41) is 0. The Morgan fingerprint density at radius 1 is 1.18 bits per heavy atom. The number of likely N-dealkylation sites (tertiary alicyclic amines) is 1. The van der Waals surface area contributed by atoms with Gasteiger partial charge in [0.2, 0.25) is 5.91 Å². The molecule has 0 aromatic carbocycles. The molecule has 0 spiro atoms. The minimum absolute atomic E-state index is 0.00670. The first-order valence-electron chi connectivity index (χ1n) is 6.77. The van der Waals surface area contributed by atoms with Crippen molar-refractivity contribution in [2.75, 3.05) is 25.1 Å². The minimum Gasteiger partial charge on any atom is -0.342 e. The third-order valence-corrected chi connectivity index (χ3v) is 5.71. The van der Waals surface area contributed by atoms with Gasteiger partial charge in [-0.3, -0.25) is 4.79 Å². The van der Waals surface area contributed by atoms with Gasteiger partial charge in [0.1, 0.15) is 0 Å². The quantitative estimate of drug-likeness (QED) is 0.772. The summed E-state index contributed by atoms with van der Waals surface area (Å²) in [5.41, 5.74) is 0.448. The van der Waals surface area contributed by atoms with Crippen molar-refractivity contribution in [3.63, 3.8) is 0 Å². The van der Waals surface area contributed by atoms with Crippen LogP contribution in [-0.2, 0) is 4.79 Å². The average Bonchev–Trinajstić information content (AvgIpc) is 2.26. The second kappa shape index (κ2) is 4.83. The van der Waals surface area contributed by atoms with Gasteiger partial charge in [0.05, 0.1) is 0 Å². The highest BCUT2D eigenvalue weighted by Crippen LogP contribution is 2.43. The maximum Gasteiger partial charge on any atom is 0.228 e. The molecule has 2 rings (SSSR count). The molecule has 0 aromatic heterocycles. The van der Waals surface area contributed by atoms with Crippen molar-refractivity contribution in [2.45, 2.75) is 46.0 Å². The predicted molar refractivity (Wildman–Crippen MR) is 74.3 cm³/mol. The fourth-order valence-corrected chi connectivity index (χ4v) is 4.03. The highest BCUT2D eigenvalue weighted by Gasteiger charge is 2.43. The van der Waals surface area contributed by atoms with Crippen molar-refractivity contribution in [1.29, 1.82) is 0 Å². The molecule has 0 unspecified atom stereocenters. The van der Waals surface area contributed by atoms with Crippen LogP contribution in [0, 0.1) is 10.8 Å². The van der Waals surface area contributed by atoms with E-state index in [0.29, 0.717) is 11.3 Å². The number of piperidine rings is 1. The first-order valence-corrected chi connectivity index (χ1v) is 8.17. The van der Waals surface area contributed by atoms with Gasteiger partial charge < -0.3 is 4.90 Å². The Morgan fingerprint density at radius 3 is 2.18 bits per heavy atom. The molecule has 17 heavy (non-hydrogen) atoms. The number of thioether (sulfide) groups is 1. The zero-order chi connectivity index (χ0) is 12.5. The van der Waals surface area contributed by atoms with E-state index in [1.807, 2.05) is 11.8 Å². The molecule has 0 radical (unpaired) electrons. The van der Waals surface area contributed by atoms with E-state index < -0.39 is 0 Å². The van der Waals surface area contributed by atoms with E-state index in [0.717, 1.165) is 25.9 Å². The van der Waals surface area contributed by atoms with E-state index in [-0.39, 0.29) is 5.41 Å². The van der Waals surface area contributed by atoms with Crippen molar-refractivity contribution in [2.24, 2.45) is 10.8 Å². The predicted octanol–water partition coefficient (Wildman–Crippen LogP) is 3.17. The first-order chi connectivity index (χ1) is 7.99. The van der Waals surface area contributed by atoms with Crippen molar-refractivity contribution < 1.29 is 4.79 Å². The van der Waals surface area contributed by atoms with Crippen molar-refractivity contribution in [3.8, 4) is 0 Å². The van der Waals surface area contributed by atoms with Crippen LogP contribution in [0.5, 0.6) is 0 Å². The molecule has 1 saturated heterocycles. The maximum atomic E-state index is 12.4. The van der Waals surface area contributed by atoms with Crippen molar-refractivity contribution in [1.82, 2.24) is 4.90 Å². The fraction of sp³-hybridized carbons (Fsp3) is 0.929. The topological polar surface area (TPSA) is 20.3 Å². The summed E-state index contributed by atoms with van der Waals surface area (Å²) in [6.45, 7) is 6.47. The fourth-order valence-electron chi connectivity index (χ4n) is 3.05. The molecule has 2 aliphatic rings. The average molecular weight is 255 g/mol. The summed E-state index contributed by atoms with van der Waals surface area (Å²) in [6, 6.07) is 0. The van der Waals surface area contributed by atoms with E-state index in [1.165, 1.54) is 25.0 Å². The molecule has 98 valence electrons.